The van der Waals surface area contributed by atoms with Gasteiger partial charge in [-0.1, -0.05) is 24.8 Å². The van der Waals surface area contributed by atoms with Gasteiger partial charge in [0.15, 0.2) is 0 Å². The number of hydrogen-bond acceptors (Lipinski definition) is 4. The average molecular weight is 351 g/mol. The van der Waals surface area contributed by atoms with E-state index in [9.17, 15) is 5.26 Å². The topological polar surface area (TPSA) is 36.7 Å². The van der Waals surface area contributed by atoms with E-state index in [4.69, 9.17) is 0 Å². The van der Waals surface area contributed by atoms with Gasteiger partial charge in [-0.15, -0.1) is 11.8 Å². The summed E-state index contributed by atoms with van der Waals surface area (Å²) in [6.07, 6.45) is 1.76. The molecule has 1 aromatic carbocycles. The summed E-state index contributed by atoms with van der Waals surface area (Å²) in [6, 6.07) is 12.1. The van der Waals surface area contributed by atoms with Gasteiger partial charge in [-0.3, -0.25) is 0 Å². The van der Waals surface area contributed by atoms with Crippen molar-refractivity contribution in [2.45, 2.75) is 21.7 Å². The van der Waals surface area contributed by atoms with Crippen molar-refractivity contribution in [2.75, 3.05) is 5.75 Å². The molecule has 5 heteroatoms. The Morgan fingerprint density at radius 1 is 1.26 bits per heavy atom. The molecule has 2 rings (SSSR count). The van der Waals surface area contributed by atoms with Crippen molar-refractivity contribution in [1.29, 1.82) is 5.26 Å². The predicted octanol–water partition coefficient (Wildman–Crippen LogP) is 4.98. The number of pyridine rings is 1. The van der Waals surface area contributed by atoms with Gasteiger partial charge in [-0.2, -0.15) is 5.26 Å². The number of rotatable bonds is 4. The normalized spacial score (nSPS) is 10.2. The first-order valence-corrected chi connectivity index (χ1v) is 8.29. The number of nitrogens with zero attached hydrogens (tertiary/aromatic N) is 2. The highest BCUT2D eigenvalue weighted by Gasteiger charge is 2.09. The van der Waals surface area contributed by atoms with Crippen LogP contribution in [0.15, 0.2) is 55.8 Å². The van der Waals surface area contributed by atoms with Crippen LogP contribution in [0.25, 0.3) is 0 Å². The number of thioether (sulfide) groups is 1. The molecule has 0 atom stereocenters. The number of halogens is 1. The molecule has 19 heavy (non-hydrogen) atoms. The van der Waals surface area contributed by atoms with Gasteiger partial charge in [0.1, 0.15) is 11.1 Å². The predicted molar refractivity (Wildman–Crippen MR) is 83.6 cm³/mol. The summed E-state index contributed by atoms with van der Waals surface area (Å²) < 4.78 is 0.952. The molecular weight excluding hydrogens is 340 g/mol. The van der Waals surface area contributed by atoms with Gasteiger partial charge < -0.3 is 0 Å². The van der Waals surface area contributed by atoms with E-state index in [1.807, 2.05) is 30.3 Å². The maximum absolute atomic E-state index is 9.34. The van der Waals surface area contributed by atoms with E-state index in [0.717, 1.165) is 30.6 Å². The summed E-state index contributed by atoms with van der Waals surface area (Å²) >= 11 is 6.57. The number of benzene rings is 1. The van der Waals surface area contributed by atoms with E-state index in [1.54, 1.807) is 18.0 Å². The minimum absolute atomic E-state index is 0.740. The van der Waals surface area contributed by atoms with E-state index in [2.05, 4.69) is 33.9 Å². The lowest BCUT2D eigenvalue weighted by molar-refractivity contribution is 1.12. The van der Waals surface area contributed by atoms with Crippen LogP contribution in [0.5, 0.6) is 0 Å². The Morgan fingerprint density at radius 2 is 2.05 bits per heavy atom. The minimum atomic E-state index is 0.740. The third-order valence-electron chi connectivity index (χ3n) is 2.31. The summed E-state index contributed by atoms with van der Waals surface area (Å²) in [5, 5.41) is 10.2. The Kier molecular flexibility index (Phi) is 5.32. The molecule has 0 spiro atoms. The highest BCUT2D eigenvalue weighted by molar-refractivity contribution is 9.10. The quantitative estimate of drug-likeness (QED) is 0.728. The molecule has 0 radical (unpaired) electrons. The van der Waals surface area contributed by atoms with E-state index < -0.39 is 0 Å². The summed E-state index contributed by atoms with van der Waals surface area (Å²) in [7, 11) is 0. The van der Waals surface area contributed by atoms with Crippen molar-refractivity contribution >= 4 is 39.5 Å². The van der Waals surface area contributed by atoms with Crippen LogP contribution in [-0.2, 0) is 0 Å². The van der Waals surface area contributed by atoms with Crippen LogP contribution in [-0.4, -0.2) is 10.7 Å². The zero-order valence-electron chi connectivity index (χ0n) is 10.3. The Balaban J connectivity index is 2.32. The lowest BCUT2D eigenvalue weighted by atomic mass is 10.2. The first kappa shape index (κ1) is 14.4. The lowest BCUT2D eigenvalue weighted by Crippen LogP contribution is -1.87. The third-order valence-corrected chi connectivity index (χ3v) is 4.73. The molecule has 0 saturated carbocycles. The van der Waals surface area contributed by atoms with Gasteiger partial charge in [0, 0.05) is 20.5 Å². The highest BCUT2D eigenvalue weighted by atomic mass is 79.9. The zero-order chi connectivity index (χ0) is 13.7. The van der Waals surface area contributed by atoms with Gasteiger partial charge in [0.05, 0.1) is 5.56 Å². The van der Waals surface area contributed by atoms with Crippen LogP contribution in [0.1, 0.15) is 12.5 Å². The monoisotopic (exact) mass is 350 g/mol. The van der Waals surface area contributed by atoms with Crippen LogP contribution in [0.2, 0.25) is 0 Å². The fourth-order valence-electron chi connectivity index (χ4n) is 1.52. The molecule has 1 aromatic heterocycles. The SMILES string of the molecule is CCSc1cccc(Sc2ccc(Br)cn2)c1C#N. The van der Waals surface area contributed by atoms with Gasteiger partial charge in [-0.25, -0.2) is 4.98 Å². The van der Waals surface area contributed by atoms with Crippen molar-refractivity contribution in [2.24, 2.45) is 0 Å². The smallest absolute Gasteiger partial charge is 0.102 e. The first-order valence-electron chi connectivity index (χ1n) is 5.70. The number of hydrogen-bond donors (Lipinski definition) is 0. The maximum Gasteiger partial charge on any atom is 0.102 e. The minimum Gasteiger partial charge on any atom is -0.248 e. The van der Waals surface area contributed by atoms with E-state index >= 15 is 0 Å². The molecule has 0 fully saturated rings. The second kappa shape index (κ2) is 6.99. The summed E-state index contributed by atoms with van der Waals surface area (Å²) in [5.41, 5.74) is 0.740. The fourth-order valence-corrected chi connectivity index (χ4v) is 3.47. The zero-order valence-corrected chi connectivity index (χ0v) is 13.5. The van der Waals surface area contributed by atoms with Crippen molar-refractivity contribution in [3.05, 3.63) is 46.6 Å². The van der Waals surface area contributed by atoms with E-state index in [1.165, 1.54) is 11.8 Å². The molecule has 2 nitrogen and oxygen atoms in total. The largest absolute Gasteiger partial charge is 0.248 e. The van der Waals surface area contributed by atoms with Crippen molar-refractivity contribution in [3.63, 3.8) is 0 Å². The average Bonchev–Trinajstić information content (AvgIpc) is 2.42. The van der Waals surface area contributed by atoms with Crippen LogP contribution >= 0.6 is 39.5 Å². The molecule has 0 saturated heterocycles. The molecule has 0 bridgehead atoms. The molecule has 0 aliphatic rings. The molecule has 2 aromatic rings. The van der Waals surface area contributed by atoms with Crippen molar-refractivity contribution < 1.29 is 0 Å². The second-order valence-electron chi connectivity index (χ2n) is 3.59. The molecule has 0 amide bonds. The Morgan fingerprint density at radius 3 is 2.68 bits per heavy atom. The van der Waals surface area contributed by atoms with Crippen molar-refractivity contribution in [3.8, 4) is 6.07 Å². The molecule has 0 N–H and O–H groups in total. The lowest BCUT2D eigenvalue weighted by Gasteiger charge is -2.07. The Hall–Kier alpha value is -0.960. The van der Waals surface area contributed by atoms with Gasteiger partial charge in [0.25, 0.3) is 0 Å². The number of aromatic nitrogens is 1. The summed E-state index contributed by atoms with van der Waals surface area (Å²) in [4.78, 5) is 6.31. The van der Waals surface area contributed by atoms with Gasteiger partial charge in [0.2, 0.25) is 0 Å². The Bertz CT molecular complexity index is 606. The van der Waals surface area contributed by atoms with Crippen LogP contribution < -0.4 is 0 Å². The summed E-state index contributed by atoms with van der Waals surface area (Å²) in [5.74, 6) is 0.958. The molecular formula is C14H11BrN2S2. The maximum atomic E-state index is 9.34. The molecule has 0 aliphatic heterocycles. The van der Waals surface area contributed by atoms with Gasteiger partial charge >= 0.3 is 0 Å². The molecule has 96 valence electrons. The third kappa shape index (κ3) is 3.75. The highest BCUT2D eigenvalue weighted by Crippen LogP contribution is 2.34. The van der Waals surface area contributed by atoms with Gasteiger partial charge in [-0.05, 0) is 45.9 Å². The second-order valence-corrected chi connectivity index (χ2v) is 6.87. The standard InChI is InChI=1S/C14H11BrN2S2/c1-2-18-12-4-3-5-13(11(12)8-16)19-14-7-6-10(15)9-17-14/h3-7,9H,2H2,1H3. The molecule has 0 aliphatic carbocycles. The van der Waals surface area contributed by atoms with Crippen LogP contribution in [0, 0.1) is 11.3 Å². The van der Waals surface area contributed by atoms with E-state index in [-0.39, 0.29) is 0 Å². The first-order chi connectivity index (χ1) is 9.24. The van der Waals surface area contributed by atoms with Crippen LogP contribution in [0.3, 0.4) is 0 Å². The Labute approximate surface area is 129 Å². The van der Waals surface area contributed by atoms with E-state index in [0.29, 0.717) is 0 Å². The molecule has 1 heterocycles. The molecule has 0 unspecified atom stereocenters. The van der Waals surface area contributed by atoms with Crippen LogP contribution in [0.4, 0.5) is 0 Å². The van der Waals surface area contributed by atoms with Crippen molar-refractivity contribution in [1.82, 2.24) is 4.98 Å². The fraction of sp³-hybridized carbons (Fsp3) is 0.143. The number of nitriles is 1. The summed E-state index contributed by atoms with van der Waals surface area (Å²) in [6.45, 7) is 2.09.